The van der Waals surface area contributed by atoms with E-state index in [1.165, 1.54) is 12.1 Å². The molecule has 8 nitrogen and oxygen atoms in total. The molecule has 0 bridgehead atoms. The number of benzene rings is 3. The van der Waals surface area contributed by atoms with Crippen LogP contribution < -0.4 is 15.4 Å². The molecule has 0 spiro atoms. The minimum Gasteiger partial charge on any atom is -0.497 e. The Balaban J connectivity index is 1.53. The minimum absolute atomic E-state index is 0.0505. The van der Waals surface area contributed by atoms with Gasteiger partial charge >= 0.3 is 0 Å². The van der Waals surface area contributed by atoms with Crippen LogP contribution in [0.2, 0.25) is 5.02 Å². The number of nitro benzene ring substituents is 1. The molecule has 36 heavy (non-hydrogen) atoms. The maximum Gasteiger partial charge on any atom is 0.288 e. The fraction of sp³-hybridized carbons (Fsp3) is 0.185. The fourth-order valence-corrected chi connectivity index (χ4v) is 4.27. The minimum atomic E-state index is -0.648. The Bertz CT molecular complexity index is 1400. The highest BCUT2D eigenvalue weighted by molar-refractivity contribution is 6.32. The van der Waals surface area contributed by atoms with Crippen molar-refractivity contribution in [2.24, 2.45) is 0 Å². The van der Waals surface area contributed by atoms with Crippen LogP contribution in [0.1, 0.15) is 45.7 Å². The van der Waals surface area contributed by atoms with Crippen molar-refractivity contribution < 1.29 is 19.2 Å². The topological polar surface area (TPSA) is 111 Å². The summed E-state index contributed by atoms with van der Waals surface area (Å²) in [6.45, 7) is 4.15. The highest BCUT2D eigenvalue weighted by Gasteiger charge is 2.28. The Kier molecular flexibility index (Phi) is 6.81. The van der Waals surface area contributed by atoms with Crippen LogP contribution in [0.4, 0.5) is 11.4 Å². The van der Waals surface area contributed by atoms with Crippen molar-refractivity contribution in [2.45, 2.75) is 25.8 Å². The lowest BCUT2D eigenvalue weighted by molar-refractivity contribution is -0.384. The summed E-state index contributed by atoms with van der Waals surface area (Å²) in [4.78, 5) is 36.0. The zero-order chi connectivity index (χ0) is 26.0. The molecule has 0 aromatic heterocycles. The van der Waals surface area contributed by atoms with Crippen molar-refractivity contribution in [1.82, 2.24) is 5.32 Å². The number of hydrogen-bond donors (Lipinski definition) is 2. The summed E-state index contributed by atoms with van der Waals surface area (Å²) in [6, 6.07) is 16.1. The Hall–Kier alpha value is -4.17. The number of nitrogens with zero attached hydrogens (tertiary/aromatic N) is 1. The van der Waals surface area contributed by atoms with Crippen molar-refractivity contribution in [1.29, 1.82) is 0 Å². The summed E-state index contributed by atoms with van der Waals surface area (Å²) in [5.74, 6) is -0.0231. The lowest BCUT2D eigenvalue weighted by Gasteiger charge is -2.35. The van der Waals surface area contributed by atoms with E-state index >= 15 is 0 Å². The molecule has 9 heteroatoms. The number of ketones is 1. The highest BCUT2D eigenvalue weighted by atomic mass is 35.5. The quantitative estimate of drug-likeness (QED) is 0.194. The molecule has 0 radical (unpaired) electrons. The van der Waals surface area contributed by atoms with Gasteiger partial charge in [0.05, 0.1) is 12.0 Å². The molecule has 0 aliphatic carbocycles. The first-order valence-corrected chi connectivity index (χ1v) is 11.5. The van der Waals surface area contributed by atoms with Crippen LogP contribution in [0.25, 0.3) is 5.70 Å². The van der Waals surface area contributed by atoms with Gasteiger partial charge in [0.1, 0.15) is 10.8 Å². The predicted octanol–water partition coefficient (Wildman–Crippen LogP) is 5.66. The number of carbonyl (C=O) groups excluding carboxylic acids is 2. The number of fused-ring (bicyclic) bond motifs is 1. The maximum absolute atomic E-state index is 13.1. The largest absolute Gasteiger partial charge is 0.497 e. The molecule has 1 aliphatic rings. The number of amides is 1. The third kappa shape index (κ3) is 5.39. The molecule has 0 atom stereocenters. The summed E-state index contributed by atoms with van der Waals surface area (Å²) in [5.41, 5.74) is 3.16. The van der Waals surface area contributed by atoms with Crippen molar-refractivity contribution in [3.05, 3.63) is 104 Å². The third-order valence-electron chi connectivity index (χ3n) is 5.82. The summed E-state index contributed by atoms with van der Waals surface area (Å²) in [5, 5.41) is 17.1. The van der Waals surface area contributed by atoms with Gasteiger partial charge in [-0.3, -0.25) is 19.7 Å². The molecule has 2 N–H and O–H groups in total. The monoisotopic (exact) mass is 505 g/mol. The Morgan fingerprint density at radius 3 is 2.44 bits per heavy atom. The average molecular weight is 506 g/mol. The molecule has 3 aromatic rings. The normalized spacial score (nSPS) is 14.9. The van der Waals surface area contributed by atoms with E-state index in [-0.39, 0.29) is 27.6 Å². The molecule has 1 amide bonds. The summed E-state index contributed by atoms with van der Waals surface area (Å²) < 4.78 is 5.36. The molecule has 1 heterocycles. The Morgan fingerprint density at radius 2 is 1.78 bits per heavy atom. The van der Waals surface area contributed by atoms with E-state index in [9.17, 15) is 19.7 Å². The van der Waals surface area contributed by atoms with Gasteiger partial charge in [-0.2, -0.15) is 0 Å². The number of anilines is 1. The molecule has 0 unspecified atom stereocenters. The summed E-state index contributed by atoms with van der Waals surface area (Å²) in [7, 11) is 1.60. The van der Waals surface area contributed by atoms with E-state index < -0.39 is 10.8 Å². The first kappa shape index (κ1) is 24.9. The Labute approximate surface area is 213 Å². The lowest BCUT2D eigenvalue weighted by Crippen LogP contribution is -2.43. The zero-order valence-corrected chi connectivity index (χ0v) is 20.7. The van der Waals surface area contributed by atoms with Gasteiger partial charge in [0.25, 0.3) is 11.6 Å². The molecular formula is C27H24ClN3O5. The first-order chi connectivity index (χ1) is 17.1. The zero-order valence-electron chi connectivity index (χ0n) is 19.9. The second-order valence-corrected chi connectivity index (χ2v) is 9.49. The van der Waals surface area contributed by atoms with Crippen LogP contribution in [0.15, 0.2) is 66.7 Å². The number of allylic oxidation sites excluding steroid dienone is 1. The number of nitro groups is 1. The van der Waals surface area contributed by atoms with Crippen molar-refractivity contribution in [3.8, 4) is 5.75 Å². The number of carbonyl (C=O) groups is 2. The van der Waals surface area contributed by atoms with Crippen LogP contribution in [0.3, 0.4) is 0 Å². The highest BCUT2D eigenvalue weighted by Crippen LogP contribution is 2.32. The van der Waals surface area contributed by atoms with Crippen molar-refractivity contribution >= 4 is 40.4 Å². The smallest absolute Gasteiger partial charge is 0.288 e. The second-order valence-electron chi connectivity index (χ2n) is 9.09. The maximum atomic E-state index is 13.1. The van der Waals surface area contributed by atoms with E-state index in [4.69, 9.17) is 16.3 Å². The van der Waals surface area contributed by atoms with Gasteiger partial charge in [-0.15, -0.1) is 0 Å². The number of rotatable bonds is 6. The van der Waals surface area contributed by atoms with Gasteiger partial charge in [0.15, 0.2) is 5.78 Å². The Morgan fingerprint density at radius 1 is 1.08 bits per heavy atom. The summed E-state index contributed by atoms with van der Waals surface area (Å²) in [6.07, 6.45) is 2.38. The fourth-order valence-electron chi connectivity index (χ4n) is 4.08. The molecule has 4 rings (SSSR count). The average Bonchev–Trinajstić information content (AvgIpc) is 2.83. The standard InChI is InChI=1S/C27H24ClN3O5/c1-27(2)15-18-6-10-20(36-3)13-21(18)23(30-27)14-25(32)16-4-8-19(9-5-16)29-26(33)17-7-11-22(28)24(12-17)31(34)35/h4-14,30H,15H2,1-3H3,(H,29,33). The van der Waals surface area contributed by atoms with Crippen LogP contribution in [0, 0.1) is 10.1 Å². The van der Waals surface area contributed by atoms with Gasteiger partial charge in [0.2, 0.25) is 0 Å². The van der Waals surface area contributed by atoms with Crippen molar-refractivity contribution in [3.63, 3.8) is 0 Å². The van der Waals surface area contributed by atoms with Crippen LogP contribution in [-0.2, 0) is 6.42 Å². The molecule has 3 aromatic carbocycles. The van der Waals surface area contributed by atoms with Gasteiger partial charge in [-0.05, 0) is 74.4 Å². The number of halogens is 1. The number of nitrogens with one attached hydrogen (secondary N) is 2. The predicted molar refractivity (Wildman–Crippen MR) is 139 cm³/mol. The van der Waals surface area contributed by atoms with Gasteiger partial charge < -0.3 is 15.4 Å². The van der Waals surface area contributed by atoms with E-state index in [0.29, 0.717) is 22.7 Å². The summed E-state index contributed by atoms with van der Waals surface area (Å²) >= 11 is 5.81. The molecular weight excluding hydrogens is 482 g/mol. The second kappa shape index (κ2) is 9.83. The van der Waals surface area contributed by atoms with E-state index in [1.807, 2.05) is 18.2 Å². The first-order valence-electron chi connectivity index (χ1n) is 11.1. The van der Waals surface area contributed by atoms with Crippen molar-refractivity contribution in [2.75, 3.05) is 12.4 Å². The molecule has 0 fully saturated rings. The van der Waals surface area contributed by atoms with Crippen LogP contribution in [-0.4, -0.2) is 29.3 Å². The van der Waals surface area contributed by atoms with E-state index in [2.05, 4.69) is 24.5 Å². The van der Waals surface area contributed by atoms with E-state index in [0.717, 1.165) is 23.6 Å². The number of ether oxygens (including phenoxy) is 1. The number of hydrogen-bond acceptors (Lipinski definition) is 6. The molecule has 0 saturated carbocycles. The van der Waals surface area contributed by atoms with Gasteiger partial charge in [0, 0.05) is 45.8 Å². The van der Waals surface area contributed by atoms with E-state index in [1.54, 1.807) is 37.5 Å². The van der Waals surface area contributed by atoms with Gasteiger partial charge in [-0.25, -0.2) is 0 Å². The van der Waals surface area contributed by atoms with Gasteiger partial charge in [-0.1, -0.05) is 17.7 Å². The lowest BCUT2D eigenvalue weighted by atomic mass is 9.85. The molecule has 0 saturated heterocycles. The van der Waals surface area contributed by atoms with Crippen LogP contribution >= 0.6 is 11.6 Å². The third-order valence-corrected chi connectivity index (χ3v) is 6.14. The SMILES string of the molecule is COc1ccc2c(c1)C(=CC(=O)c1ccc(NC(=O)c3ccc(Cl)c([N+](=O)[O-])c3)cc1)NC(C)(C)C2. The molecule has 1 aliphatic heterocycles. The van der Waals surface area contributed by atoms with Crippen LogP contribution in [0.5, 0.6) is 5.75 Å². The molecule has 184 valence electrons. The number of methoxy groups -OCH3 is 1.